The molecule has 0 aromatic heterocycles. The van der Waals surface area contributed by atoms with Crippen molar-refractivity contribution in [2.24, 2.45) is 0 Å². The molecular weight excluding hydrogens is 402 g/mol. The summed E-state index contributed by atoms with van der Waals surface area (Å²) in [7, 11) is 1.58. The molecule has 0 bridgehead atoms. The molecule has 5 nitrogen and oxygen atoms in total. The van der Waals surface area contributed by atoms with Crippen LogP contribution >= 0.6 is 11.6 Å². The molecule has 0 atom stereocenters. The quantitative estimate of drug-likeness (QED) is 0.473. The summed E-state index contributed by atoms with van der Waals surface area (Å²) in [6, 6.07) is 16.7. The minimum atomic E-state index is -0.953. The molecule has 0 unspecified atom stereocenters. The van der Waals surface area contributed by atoms with Gasteiger partial charge in [0.2, 0.25) is 0 Å². The van der Waals surface area contributed by atoms with E-state index in [1.54, 1.807) is 32.2 Å². The van der Waals surface area contributed by atoms with Crippen LogP contribution in [-0.2, 0) is 13.2 Å². The maximum Gasteiger partial charge on any atom is 0.336 e. The molecule has 0 radical (unpaired) electrons. The Kier molecular flexibility index (Phi) is 6.85. The van der Waals surface area contributed by atoms with E-state index in [2.05, 4.69) is 5.32 Å². The highest BCUT2D eigenvalue weighted by molar-refractivity contribution is 6.31. The Morgan fingerprint density at radius 1 is 1.03 bits per heavy atom. The monoisotopic (exact) mass is 425 g/mol. The number of benzene rings is 3. The van der Waals surface area contributed by atoms with Crippen LogP contribution in [0.2, 0.25) is 5.02 Å². The number of aromatic carboxylic acids is 1. The second-order valence-electron chi connectivity index (χ2n) is 6.95. The topological polar surface area (TPSA) is 67.8 Å². The summed E-state index contributed by atoms with van der Waals surface area (Å²) in [5, 5.41) is 13.1. The van der Waals surface area contributed by atoms with Gasteiger partial charge in [-0.05, 0) is 54.3 Å². The highest BCUT2D eigenvalue weighted by Gasteiger charge is 2.13. The molecule has 0 saturated heterocycles. The number of nitrogens with one attached hydrogen (secondary N) is 1. The Bertz CT molecular complexity index is 1070. The fourth-order valence-corrected chi connectivity index (χ4v) is 3.38. The van der Waals surface area contributed by atoms with Crippen molar-refractivity contribution < 1.29 is 19.4 Å². The smallest absolute Gasteiger partial charge is 0.336 e. The van der Waals surface area contributed by atoms with Gasteiger partial charge in [-0.2, -0.15) is 0 Å². The lowest BCUT2D eigenvalue weighted by Gasteiger charge is -2.16. The number of halogens is 1. The molecule has 0 aliphatic heterocycles. The standard InChI is InChI=1S/C24H24ClNO4/c1-15-7-4-5-8-17(15)14-30-23-12-20(25)18(11-22(23)29-3)13-26-21-10-6-9-19(16(21)2)24(27)28/h4-12,26H,13-14H2,1-3H3,(H,27,28). The van der Waals surface area contributed by atoms with Gasteiger partial charge in [0.15, 0.2) is 11.5 Å². The fourth-order valence-electron chi connectivity index (χ4n) is 3.16. The first-order chi connectivity index (χ1) is 14.4. The number of hydrogen-bond acceptors (Lipinski definition) is 4. The minimum absolute atomic E-state index is 0.267. The third-order valence-corrected chi connectivity index (χ3v) is 5.36. The predicted octanol–water partition coefficient (Wildman–Crippen LogP) is 5.85. The molecule has 0 aliphatic carbocycles. The fraction of sp³-hybridized carbons (Fsp3) is 0.208. The van der Waals surface area contributed by atoms with E-state index in [4.69, 9.17) is 21.1 Å². The number of aryl methyl sites for hydroxylation is 1. The number of carboxylic acid groups (broad SMARTS) is 1. The van der Waals surface area contributed by atoms with Gasteiger partial charge in [-0.3, -0.25) is 0 Å². The van der Waals surface area contributed by atoms with Crippen molar-refractivity contribution >= 4 is 23.3 Å². The van der Waals surface area contributed by atoms with Crippen molar-refractivity contribution in [1.82, 2.24) is 0 Å². The average molecular weight is 426 g/mol. The molecule has 0 spiro atoms. The van der Waals surface area contributed by atoms with E-state index in [0.29, 0.717) is 35.2 Å². The first-order valence-electron chi connectivity index (χ1n) is 9.51. The lowest BCUT2D eigenvalue weighted by atomic mass is 10.1. The largest absolute Gasteiger partial charge is 0.493 e. The summed E-state index contributed by atoms with van der Waals surface area (Å²) in [6.07, 6.45) is 0. The van der Waals surface area contributed by atoms with Crippen molar-refractivity contribution in [1.29, 1.82) is 0 Å². The summed E-state index contributed by atoms with van der Waals surface area (Å²) < 4.78 is 11.5. The Morgan fingerprint density at radius 3 is 2.50 bits per heavy atom. The molecule has 0 saturated carbocycles. The third kappa shape index (κ3) is 4.86. The Hall–Kier alpha value is -3.18. The van der Waals surface area contributed by atoms with E-state index in [9.17, 15) is 9.90 Å². The van der Waals surface area contributed by atoms with Gasteiger partial charge < -0.3 is 19.9 Å². The molecule has 0 fully saturated rings. The van der Waals surface area contributed by atoms with Gasteiger partial charge in [0.25, 0.3) is 0 Å². The van der Waals surface area contributed by atoms with Gasteiger partial charge in [0.1, 0.15) is 6.61 Å². The second-order valence-corrected chi connectivity index (χ2v) is 7.35. The zero-order chi connectivity index (χ0) is 21.7. The van der Waals surface area contributed by atoms with Gasteiger partial charge in [-0.15, -0.1) is 0 Å². The maximum atomic E-state index is 11.3. The highest BCUT2D eigenvalue weighted by atomic mass is 35.5. The van der Waals surface area contributed by atoms with E-state index in [0.717, 1.165) is 22.4 Å². The SMILES string of the molecule is COc1cc(CNc2cccc(C(=O)O)c2C)c(Cl)cc1OCc1ccccc1C. The van der Waals surface area contributed by atoms with Gasteiger partial charge in [-0.25, -0.2) is 4.79 Å². The normalized spacial score (nSPS) is 10.5. The van der Waals surface area contributed by atoms with Crippen LogP contribution in [0.25, 0.3) is 0 Å². The Balaban J connectivity index is 1.76. The summed E-state index contributed by atoms with van der Waals surface area (Å²) in [5.41, 5.74) is 4.74. The molecule has 6 heteroatoms. The molecule has 156 valence electrons. The van der Waals surface area contributed by atoms with Crippen LogP contribution in [0, 0.1) is 13.8 Å². The number of anilines is 1. The van der Waals surface area contributed by atoms with Crippen molar-refractivity contribution in [2.75, 3.05) is 12.4 Å². The van der Waals surface area contributed by atoms with Crippen LogP contribution in [0.3, 0.4) is 0 Å². The summed E-state index contributed by atoms with van der Waals surface area (Å²) >= 11 is 6.49. The second kappa shape index (κ2) is 9.55. The van der Waals surface area contributed by atoms with Crippen LogP contribution in [0.1, 0.15) is 32.6 Å². The van der Waals surface area contributed by atoms with E-state index in [-0.39, 0.29) is 5.56 Å². The Morgan fingerprint density at radius 2 is 1.80 bits per heavy atom. The maximum absolute atomic E-state index is 11.3. The number of ether oxygens (including phenoxy) is 2. The van der Waals surface area contributed by atoms with Crippen LogP contribution in [0.5, 0.6) is 11.5 Å². The van der Waals surface area contributed by atoms with E-state index < -0.39 is 5.97 Å². The number of methoxy groups -OCH3 is 1. The molecule has 0 aliphatic rings. The van der Waals surface area contributed by atoms with Crippen LogP contribution in [-0.4, -0.2) is 18.2 Å². The number of rotatable bonds is 8. The zero-order valence-electron chi connectivity index (χ0n) is 17.2. The average Bonchev–Trinajstić information content (AvgIpc) is 2.73. The minimum Gasteiger partial charge on any atom is -0.493 e. The first kappa shape index (κ1) is 21.5. The Labute approximate surface area is 181 Å². The van der Waals surface area contributed by atoms with Crippen LogP contribution in [0.15, 0.2) is 54.6 Å². The molecule has 3 aromatic rings. The summed E-state index contributed by atoms with van der Waals surface area (Å²) in [4.78, 5) is 11.3. The summed E-state index contributed by atoms with van der Waals surface area (Å²) in [5.74, 6) is 0.199. The molecule has 3 aromatic carbocycles. The van der Waals surface area contributed by atoms with Gasteiger partial charge >= 0.3 is 5.97 Å². The number of carboxylic acids is 1. The van der Waals surface area contributed by atoms with E-state index in [1.807, 2.05) is 43.3 Å². The van der Waals surface area contributed by atoms with Crippen molar-refractivity contribution in [3.8, 4) is 11.5 Å². The van der Waals surface area contributed by atoms with E-state index in [1.165, 1.54) is 0 Å². The van der Waals surface area contributed by atoms with Gasteiger partial charge in [-0.1, -0.05) is 41.9 Å². The lowest BCUT2D eigenvalue weighted by Crippen LogP contribution is -2.06. The third-order valence-electron chi connectivity index (χ3n) is 5.01. The van der Waals surface area contributed by atoms with E-state index >= 15 is 0 Å². The van der Waals surface area contributed by atoms with Gasteiger partial charge in [0, 0.05) is 23.3 Å². The molecule has 30 heavy (non-hydrogen) atoms. The van der Waals surface area contributed by atoms with Gasteiger partial charge in [0.05, 0.1) is 12.7 Å². The van der Waals surface area contributed by atoms with Crippen molar-refractivity contribution in [2.45, 2.75) is 27.0 Å². The van der Waals surface area contributed by atoms with Crippen molar-refractivity contribution in [3.05, 3.63) is 87.4 Å². The zero-order valence-corrected chi connectivity index (χ0v) is 17.9. The molecule has 3 rings (SSSR count). The van der Waals surface area contributed by atoms with Crippen LogP contribution < -0.4 is 14.8 Å². The number of hydrogen-bond donors (Lipinski definition) is 2. The van der Waals surface area contributed by atoms with Crippen LogP contribution in [0.4, 0.5) is 5.69 Å². The highest BCUT2D eigenvalue weighted by Crippen LogP contribution is 2.34. The first-order valence-corrected chi connectivity index (χ1v) is 9.89. The summed E-state index contributed by atoms with van der Waals surface area (Å²) in [6.45, 7) is 4.64. The molecule has 0 amide bonds. The predicted molar refractivity (Wildman–Crippen MR) is 119 cm³/mol. The molecule has 2 N–H and O–H groups in total. The molecular formula is C24H24ClNO4. The van der Waals surface area contributed by atoms with Crippen molar-refractivity contribution in [3.63, 3.8) is 0 Å². The molecule has 0 heterocycles. The number of carbonyl (C=O) groups is 1. The lowest BCUT2D eigenvalue weighted by molar-refractivity contribution is 0.0696.